The van der Waals surface area contributed by atoms with Gasteiger partial charge in [0.2, 0.25) is 10.0 Å². The second kappa shape index (κ2) is 8.07. The predicted octanol–water partition coefficient (Wildman–Crippen LogP) is 0.985. The molecule has 0 spiro atoms. The van der Waals surface area contributed by atoms with Gasteiger partial charge in [0.15, 0.2) is 5.13 Å². The number of nitrogens with one attached hydrogen (secondary N) is 1. The lowest BCUT2D eigenvalue weighted by atomic mass is 10.4. The van der Waals surface area contributed by atoms with Crippen LogP contribution in [0.25, 0.3) is 0 Å². The van der Waals surface area contributed by atoms with Gasteiger partial charge in [-0.3, -0.25) is 0 Å². The van der Waals surface area contributed by atoms with Crippen LogP contribution in [0.5, 0.6) is 0 Å². The maximum atomic E-state index is 12.3. The highest BCUT2D eigenvalue weighted by Crippen LogP contribution is 2.20. The number of hydrogen-bond donors (Lipinski definition) is 1. The van der Waals surface area contributed by atoms with Gasteiger partial charge in [-0.2, -0.15) is 4.31 Å². The van der Waals surface area contributed by atoms with Crippen molar-refractivity contribution in [3.05, 3.63) is 11.6 Å². The number of sulfonamides is 1. The van der Waals surface area contributed by atoms with Crippen LogP contribution in [-0.4, -0.2) is 62.7 Å². The molecule has 1 aliphatic rings. The van der Waals surface area contributed by atoms with Gasteiger partial charge in [0.1, 0.15) is 0 Å². The fourth-order valence-electron chi connectivity index (χ4n) is 2.34. The van der Waals surface area contributed by atoms with E-state index < -0.39 is 10.0 Å². The fraction of sp³-hybridized carbons (Fsp3) is 0.769. The van der Waals surface area contributed by atoms with Crippen molar-refractivity contribution >= 4 is 26.5 Å². The minimum Gasteiger partial charge on any atom is -0.345 e. The highest BCUT2D eigenvalue weighted by molar-refractivity contribution is 7.89. The normalized spacial score (nSPS) is 17.3. The Bertz CT molecular complexity index is 496. The molecule has 0 bridgehead atoms. The maximum Gasteiger partial charge on any atom is 0.214 e. The molecule has 1 aromatic rings. The molecule has 0 saturated carbocycles. The van der Waals surface area contributed by atoms with Gasteiger partial charge in [0, 0.05) is 37.8 Å². The molecule has 1 aliphatic heterocycles. The first-order valence-electron chi connectivity index (χ1n) is 7.46. The lowest BCUT2D eigenvalue weighted by Crippen LogP contribution is -2.49. The minimum absolute atomic E-state index is 0.237. The molecule has 0 radical (unpaired) electrons. The maximum absolute atomic E-state index is 12.3. The lowest BCUT2D eigenvalue weighted by Gasteiger charge is -2.33. The Hall–Kier alpha value is -0.700. The van der Waals surface area contributed by atoms with E-state index in [2.05, 4.69) is 22.1 Å². The lowest BCUT2D eigenvalue weighted by molar-refractivity contribution is 0.384. The molecule has 8 heteroatoms. The topological polar surface area (TPSA) is 65.5 Å². The van der Waals surface area contributed by atoms with Gasteiger partial charge in [-0.15, -0.1) is 11.3 Å². The van der Waals surface area contributed by atoms with Crippen LogP contribution in [0.2, 0.25) is 0 Å². The van der Waals surface area contributed by atoms with E-state index in [9.17, 15) is 8.42 Å². The first kappa shape index (κ1) is 16.7. The molecule has 120 valence electrons. The van der Waals surface area contributed by atoms with Crippen molar-refractivity contribution in [3.8, 4) is 0 Å². The summed E-state index contributed by atoms with van der Waals surface area (Å²) in [5, 5.41) is 6.17. The van der Waals surface area contributed by atoms with Crippen molar-refractivity contribution in [2.24, 2.45) is 0 Å². The standard InChI is InChI=1S/C13H24N4O2S2/c1-2-4-14-5-3-12-21(18,19)17-9-7-16(8-10-17)13-15-6-11-20-13/h6,11,14H,2-5,7-10,12H2,1H3. The molecular weight excluding hydrogens is 308 g/mol. The van der Waals surface area contributed by atoms with Crippen LogP contribution in [0, 0.1) is 0 Å². The van der Waals surface area contributed by atoms with Crippen molar-refractivity contribution in [2.75, 3.05) is 49.9 Å². The van der Waals surface area contributed by atoms with Gasteiger partial charge in [0.25, 0.3) is 0 Å². The van der Waals surface area contributed by atoms with E-state index in [1.807, 2.05) is 5.38 Å². The van der Waals surface area contributed by atoms with Crippen LogP contribution >= 0.6 is 11.3 Å². The molecule has 0 unspecified atom stereocenters. The second-order valence-corrected chi connectivity index (χ2v) is 8.08. The minimum atomic E-state index is -3.11. The summed E-state index contributed by atoms with van der Waals surface area (Å²) in [6.07, 6.45) is 3.53. The van der Waals surface area contributed by atoms with E-state index in [1.165, 1.54) is 0 Å². The molecule has 2 rings (SSSR count). The van der Waals surface area contributed by atoms with E-state index in [0.717, 1.165) is 37.7 Å². The molecule has 1 fully saturated rings. The van der Waals surface area contributed by atoms with Gasteiger partial charge in [-0.1, -0.05) is 6.92 Å². The molecule has 0 amide bonds. The summed E-state index contributed by atoms with van der Waals surface area (Å²) in [5.74, 6) is 0.237. The van der Waals surface area contributed by atoms with E-state index >= 15 is 0 Å². The number of piperazine rings is 1. The molecule has 0 aromatic carbocycles. The Kier molecular flexibility index (Phi) is 6.40. The smallest absolute Gasteiger partial charge is 0.214 e. The molecule has 6 nitrogen and oxygen atoms in total. The largest absolute Gasteiger partial charge is 0.345 e. The third-order valence-corrected chi connectivity index (χ3v) is 6.29. The summed E-state index contributed by atoms with van der Waals surface area (Å²) >= 11 is 1.60. The molecule has 0 aliphatic carbocycles. The number of aromatic nitrogens is 1. The quantitative estimate of drug-likeness (QED) is 0.719. The Labute approximate surface area is 131 Å². The predicted molar refractivity (Wildman–Crippen MR) is 87.5 cm³/mol. The van der Waals surface area contributed by atoms with Crippen LogP contribution in [0.4, 0.5) is 5.13 Å². The second-order valence-electron chi connectivity index (χ2n) is 5.12. The monoisotopic (exact) mass is 332 g/mol. The van der Waals surface area contributed by atoms with Crippen molar-refractivity contribution < 1.29 is 8.42 Å². The Balaban J connectivity index is 1.75. The van der Waals surface area contributed by atoms with Crippen LogP contribution in [0.3, 0.4) is 0 Å². The SMILES string of the molecule is CCCNCCCS(=O)(=O)N1CCN(c2nccs2)CC1. The number of nitrogens with zero attached hydrogens (tertiary/aromatic N) is 3. The molecule has 1 saturated heterocycles. The average Bonchev–Trinajstić information content (AvgIpc) is 3.01. The van der Waals surface area contributed by atoms with E-state index in [1.54, 1.807) is 21.8 Å². The van der Waals surface area contributed by atoms with E-state index in [4.69, 9.17) is 0 Å². The highest BCUT2D eigenvalue weighted by atomic mass is 32.2. The number of hydrogen-bond acceptors (Lipinski definition) is 6. The zero-order valence-corrected chi connectivity index (χ0v) is 14.1. The zero-order valence-electron chi connectivity index (χ0n) is 12.5. The van der Waals surface area contributed by atoms with Gasteiger partial charge < -0.3 is 10.2 Å². The van der Waals surface area contributed by atoms with Crippen molar-refractivity contribution in [1.82, 2.24) is 14.6 Å². The van der Waals surface area contributed by atoms with Crippen LogP contribution in [0.1, 0.15) is 19.8 Å². The van der Waals surface area contributed by atoms with Crippen molar-refractivity contribution in [2.45, 2.75) is 19.8 Å². The third-order valence-electron chi connectivity index (χ3n) is 3.50. The molecule has 0 atom stereocenters. The molecule has 1 aromatic heterocycles. The summed E-state index contributed by atoms with van der Waals surface area (Å²) in [7, 11) is -3.11. The van der Waals surface area contributed by atoms with Gasteiger partial charge >= 0.3 is 0 Å². The summed E-state index contributed by atoms with van der Waals surface area (Å²) in [5.41, 5.74) is 0. The first-order chi connectivity index (χ1) is 10.1. The van der Waals surface area contributed by atoms with Gasteiger partial charge in [-0.05, 0) is 25.9 Å². The van der Waals surface area contributed by atoms with Gasteiger partial charge in [-0.25, -0.2) is 13.4 Å². The van der Waals surface area contributed by atoms with Crippen LogP contribution < -0.4 is 10.2 Å². The van der Waals surface area contributed by atoms with Crippen molar-refractivity contribution in [1.29, 1.82) is 0 Å². The summed E-state index contributed by atoms with van der Waals surface area (Å²) in [6.45, 7) is 6.39. The molecule has 21 heavy (non-hydrogen) atoms. The molecule has 2 heterocycles. The highest BCUT2D eigenvalue weighted by Gasteiger charge is 2.27. The fourth-order valence-corrected chi connectivity index (χ4v) is 4.52. The summed E-state index contributed by atoms with van der Waals surface area (Å²) in [6, 6.07) is 0. The first-order valence-corrected chi connectivity index (χ1v) is 9.95. The van der Waals surface area contributed by atoms with Crippen LogP contribution in [-0.2, 0) is 10.0 Å². The van der Waals surface area contributed by atoms with Crippen LogP contribution in [0.15, 0.2) is 11.6 Å². The Morgan fingerprint density at radius 1 is 1.29 bits per heavy atom. The third kappa shape index (κ3) is 4.91. The number of anilines is 1. The molecule has 1 N–H and O–H groups in total. The van der Waals surface area contributed by atoms with E-state index in [0.29, 0.717) is 19.5 Å². The number of rotatable bonds is 8. The Morgan fingerprint density at radius 2 is 2.05 bits per heavy atom. The van der Waals surface area contributed by atoms with Gasteiger partial charge in [0.05, 0.1) is 5.75 Å². The summed E-state index contributed by atoms with van der Waals surface area (Å²) < 4.78 is 26.2. The molecular formula is C13H24N4O2S2. The Morgan fingerprint density at radius 3 is 2.67 bits per heavy atom. The van der Waals surface area contributed by atoms with E-state index in [-0.39, 0.29) is 5.75 Å². The van der Waals surface area contributed by atoms with Crippen molar-refractivity contribution in [3.63, 3.8) is 0 Å². The summed E-state index contributed by atoms with van der Waals surface area (Å²) in [4.78, 5) is 6.43. The average molecular weight is 332 g/mol. The zero-order chi connectivity index (χ0) is 15.1. The number of thiazole rings is 1.